The smallest absolute Gasteiger partial charge is 0.339 e. The number of carbonyl (C=O) groups is 1. The van der Waals surface area contributed by atoms with Crippen LogP contribution in [0.5, 0.6) is 5.75 Å². The number of carboxylic acid groups (broad SMARTS) is 1. The molecule has 0 saturated carbocycles. The predicted octanol–water partition coefficient (Wildman–Crippen LogP) is 2.17. The van der Waals surface area contributed by atoms with Gasteiger partial charge < -0.3 is 14.7 Å². The van der Waals surface area contributed by atoms with Gasteiger partial charge in [0.05, 0.1) is 7.11 Å². The fraction of sp³-hybridized carbons (Fsp3) is 0.562. The fourth-order valence-corrected chi connectivity index (χ4v) is 2.23. The molecule has 0 spiro atoms. The Balaban J connectivity index is 2.69. The molecular weight excluding hydrogens is 268 g/mol. The fourth-order valence-electron chi connectivity index (χ4n) is 2.23. The summed E-state index contributed by atoms with van der Waals surface area (Å²) in [5.41, 5.74) is 1.28. The van der Waals surface area contributed by atoms with E-state index in [1.807, 2.05) is 12.1 Å². The minimum atomic E-state index is -0.961. The van der Waals surface area contributed by atoms with Crippen molar-refractivity contribution in [3.63, 3.8) is 0 Å². The molecule has 0 aliphatic rings. The summed E-state index contributed by atoms with van der Waals surface area (Å²) in [6.45, 7) is 6.00. The third-order valence-electron chi connectivity index (χ3n) is 3.43. The summed E-state index contributed by atoms with van der Waals surface area (Å²) in [6.07, 6.45) is 1.12. The first-order valence-corrected chi connectivity index (χ1v) is 7.25. The maximum atomic E-state index is 11.1. The van der Waals surface area contributed by atoms with Crippen molar-refractivity contribution in [3.05, 3.63) is 29.3 Å². The van der Waals surface area contributed by atoms with Crippen molar-refractivity contribution in [2.75, 3.05) is 40.8 Å². The third-order valence-corrected chi connectivity index (χ3v) is 3.43. The van der Waals surface area contributed by atoms with Gasteiger partial charge >= 0.3 is 5.97 Å². The van der Waals surface area contributed by atoms with E-state index in [0.717, 1.165) is 38.2 Å². The van der Waals surface area contributed by atoms with Crippen LogP contribution in [-0.2, 0) is 6.54 Å². The Bertz CT molecular complexity index is 461. The molecule has 0 unspecified atom stereocenters. The molecule has 0 amide bonds. The summed E-state index contributed by atoms with van der Waals surface area (Å²) < 4.78 is 5.17. The largest absolute Gasteiger partial charge is 0.496 e. The Kier molecular flexibility index (Phi) is 7.19. The molecule has 1 N–H and O–H groups in total. The SMILES string of the molecule is CCN(CCCN(C)C)Cc1ccc(C(=O)O)c(OC)c1. The highest BCUT2D eigenvalue weighted by atomic mass is 16.5. The molecule has 0 fully saturated rings. The number of hydrogen-bond donors (Lipinski definition) is 1. The van der Waals surface area contributed by atoms with E-state index in [2.05, 4.69) is 30.8 Å². The highest BCUT2D eigenvalue weighted by Gasteiger charge is 2.12. The van der Waals surface area contributed by atoms with Gasteiger partial charge in [0, 0.05) is 6.54 Å². The summed E-state index contributed by atoms with van der Waals surface area (Å²) in [7, 11) is 5.65. The van der Waals surface area contributed by atoms with Crippen molar-refractivity contribution in [1.29, 1.82) is 0 Å². The zero-order chi connectivity index (χ0) is 15.8. The molecule has 21 heavy (non-hydrogen) atoms. The van der Waals surface area contributed by atoms with Crippen LogP contribution in [0.2, 0.25) is 0 Å². The van der Waals surface area contributed by atoms with E-state index < -0.39 is 5.97 Å². The number of hydrogen-bond acceptors (Lipinski definition) is 4. The lowest BCUT2D eigenvalue weighted by Crippen LogP contribution is -2.27. The highest BCUT2D eigenvalue weighted by Crippen LogP contribution is 2.21. The first-order chi connectivity index (χ1) is 9.97. The van der Waals surface area contributed by atoms with Gasteiger partial charge in [-0.3, -0.25) is 4.90 Å². The van der Waals surface area contributed by atoms with E-state index >= 15 is 0 Å². The Morgan fingerprint density at radius 3 is 2.52 bits per heavy atom. The summed E-state index contributed by atoms with van der Waals surface area (Å²) >= 11 is 0. The molecule has 0 saturated heterocycles. The molecule has 1 rings (SSSR count). The third kappa shape index (κ3) is 5.73. The molecule has 0 heterocycles. The first-order valence-electron chi connectivity index (χ1n) is 7.25. The average Bonchev–Trinajstić information content (AvgIpc) is 2.45. The second-order valence-corrected chi connectivity index (χ2v) is 5.37. The summed E-state index contributed by atoms with van der Waals surface area (Å²) in [5.74, 6) is -0.541. The molecular formula is C16H26N2O3. The van der Waals surface area contributed by atoms with Gasteiger partial charge in [0.15, 0.2) is 0 Å². The highest BCUT2D eigenvalue weighted by molar-refractivity contribution is 5.90. The zero-order valence-electron chi connectivity index (χ0n) is 13.4. The van der Waals surface area contributed by atoms with Gasteiger partial charge in [-0.25, -0.2) is 4.79 Å². The molecule has 1 aromatic carbocycles. The van der Waals surface area contributed by atoms with Gasteiger partial charge in [-0.15, -0.1) is 0 Å². The number of benzene rings is 1. The molecule has 5 nitrogen and oxygen atoms in total. The molecule has 5 heteroatoms. The first kappa shape index (κ1) is 17.5. The van der Waals surface area contributed by atoms with Gasteiger partial charge in [-0.1, -0.05) is 13.0 Å². The zero-order valence-corrected chi connectivity index (χ0v) is 13.4. The predicted molar refractivity (Wildman–Crippen MR) is 84.1 cm³/mol. The quantitative estimate of drug-likeness (QED) is 0.756. The molecule has 0 aromatic heterocycles. The Morgan fingerprint density at radius 2 is 2.00 bits per heavy atom. The van der Waals surface area contributed by atoms with E-state index in [9.17, 15) is 4.79 Å². The summed E-state index contributed by atoms with van der Waals surface area (Å²) in [4.78, 5) is 15.6. The van der Waals surface area contributed by atoms with Gasteiger partial charge in [0.2, 0.25) is 0 Å². The second kappa shape index (κ2) is 8.64. The molecule has 1 aromatic rings. The number of ether oxygens (including phenoxy) is 1. The van der Waals surface area contributed by atoms with Crippen LogP contribution in [0.25, 0.3) is 0 Å². The molecule has 0 radical (unpaired) electrons. The average molecular weight is 294 g/mol. The number of methoxy groups -OCH3 is 1. The molecule has 118 valence electrons. The van der Waals surface area contributed by atoms with Crippen LogP contribution < -0.4 is 4.74 Å². The van der Waals surface area contributed by atoms with Crippen molar-refractivity contribution in [1.82, 2.24) is 9.80 Å². The van der Waals surface area contributed by atoms with Crippen molar-refractivity contribution < 1.29 is 14.6 Å². The number of rotatable bonds is 9. The van der Waals surface area contributed by atoms with Crippen LogP contribution in [0.15, 0.2) is 18.2 Å². The number of aromatic carboxylic acids is 1. The van der Waals surface area contributed by atoms with Crippen molar-refractivity contribution >= 4 is 5.97 Å². The van der Waals surface area contributed by atoms with E-state index in [4.69, 9.17) is 9.84 Å². The molecule has 0 bridgehead atoms. The van der Waals surface area contributed by atoms with Gasteiger partial charge in [0.25, 0.3) is 0 Å². The second-order valence-electron chi connectivity index (χ2n) is 5.37. The van der Waals surface area contributed by atoms with Crippen LogP contribution in [-0.4, -0.2) is 61.7 Å². The van der Waals surface area contributed by atoms with Gasteiger partial charge in [0.1, 0.15) is 11.3 Å². The van der Waals surface area contributed by atoms with Crippen LogP contribution in [0, 0.1) is 0 Å². The van der Waals surface area contributed by atoms with Crippen molar-refractivity contribution in [2.45, 2.75) is 19.9 Å². The van der Waals surface area contributed by atoms with Crippen LogP contribution in [0.4, 0.5) is 0 Å². The maximum Gasteiger partial charge on any atom is 0.339 e. The van der Waals surface area contributed by atoms with Crippen molar-refractivity contribution in [3.8, 4) is 5.75 Å². The van der Waals surface area contributed by atoms with E-state index in [1.54, 1.807) is 6.07 Å². The van der Waals surface area contributed by atoms with Gasteiger partial charge in [-0.2, -0.15) is 0 Å². The number of nitrogens with zero attached hydrogens (tertiary/aromatic N) is 2. The topological polar surface area (TPSA) is 53.0 Å². The van der Waals surface area contributed by atoms with Crippen LogP contribution in [0.1, 0.15) is 29.3 Å². The van der Waals surface area contributed by atoms with E-state index in [0.29, 0.717) is 5.75 Å². The minimum Gasteiger partial charge on any atom is -0.496 e. The summed E-state index contributed by atoms with van der Waals surface area (Å²) in [6, 6.07) is 5.29. The monoisotopic (exact) mass is 294 g/mol. The van der Waals surface area contributed by atoms with Crippen LogP contribution >= 0.6 is 0 Å². The van der Waals surface area contributed by atoms with E-state index in [-0.39, 0.29) is 5.56 Å². The van der Waals surface area contributed by atoms with Crippen LogP contribution in [0.3, 0.4) is 0 Å². The van der Waals surface area contributed by atoms with Gasteiger partial charge in [-0.05, 0) is 57.8 Å². The number of carboxylic acids is 1. The molecule has 0 aliphatic carbocycles. The maximum absolute atomic E-state index is 11.1. The lowest BCUT2D eigenvalue weighted by Gasteiger charge is -2.22. The van der Waals surface area contributed by atoms with Crippen molar-refractivity contribution in [2.24, 2.45) is 0 Å². The Morgan fingerprint density at radius 1 is 1.29 bits per heavy atom. The molecule has 0 atom stereocenters. The molecule has 0 aliphatic heterocycles. The lowest BCUT2D eigenvalue weighted by molar-refractivity contribution is 0.0693. The Hall–Kier alpha value is -1.59. The summed E-state index contributed by atoms with van der Waals surface area (Å²) in [5, 5.41) is 9.09. The Labute approximate surface area is 127 Å². The minimum absolute atomic E-state index is 0.205. The normalized spacial score (nSPS) is 11.1. The lowest BCUT2D eigenvalue weighted by atomic mass is 10.1. The van der Waals surface area contributed by atoms with E-state index in [1.165, 1.54) is 7.11 Å². The standard InChI is InChI=1S/C16H26N2O3/c1-5-18(10-6-9-17(2)3)12-13-7-8-14(16(19)20)15(11-13)21-4/h7-8,11H,5-6,9-10,12H2,1-4H3,(H,19,20).